The number of halogens is 1. The molecule has 2 aliphatic rings. The summed E-state index contributed by atoms with van der Waals surface area (Å²) in [6.45, 7) is 6.63. The minimum Gasteiger partial charge on any atom is -0.496 e. The first kappa shape index (κ1) is 29.7. The molecule has 1 aromatic heterocycles. The molecule has 0 N–H and O–H groups in total. The van der Waals surface area contributed by atoms with Crippen LogP contribution in [0, 0.1) is 10.1 Å². The number of likely N-dealkylation sites (N-methyl/N-ethyl adjacent to an activating group) is 1. The van der Waals surface area contributed by atoms with Crippen LogP contribution in [0.3, 0.4) is 0 Å². The van der Waals surface area contributed by atoms with Crippen LogP contribution in [0.1, 0.15) is 31.0 Å². The van der Waals surface area contributed by atoms with Crippen molar-refractivity contribution in [3.63, 3.8) is 0 Å². The number of nitro groups is 1. The third-order valence-electron chi connectivity index (χ3n) is 7.35. The maximum atomic E-state index is 13.9. The van der Waals surface area contributed by atoms with Gasteiger partial charge in [-0.1, -0.05) is 23.5 Å². The van der Waals surface area contributed by atoms with E-state index in [9.17, 15) is 19.7 Å². The highest BCUT2D eigenvalue weighted by Crippen LogP contribution is 2.35. The number of benzene rings is 2. The molecule has 0 aliphatic carbocycles. The molecule has 42 heavy (non-hydrogen) atoms. The summed E-state index contributed by atoms with van der Waals surface area (Å²) in [5.41, 5.74) is 2.09. The van der Waals surface area contributed by atoms with Gasteiger partial charge >= 0.3 is 5.97 Å². The summed E-state index contributed by atoms with van der Waals surface area (Å²) in [5.74, 6) is 0.0475. The normalized spacial score (nSPS) is 17.6. The maximum Gasteiger partial charge on any atom is 0.338 e. The van der Waals surface area contributed by atoms with E-state index >= 15 is 0 Å². The van der Waals surface area contributed by atoms with E-state index in [0.717, 1.165) is 24.4 Å². The Hall–Kier alpha value is -3.81. The Labute approximate surface area is 254 Å². The van der Waals surface area contributed by atoms with Gasteiger partial charge in [0.15, 0.2) is 4.80 Å². The fraction of sp³-hybridized carbons (Fsp3) is 0.345. The molecular formula is C29H30BrN5O6S. The van der Waals surface area contributed by atoms with Crippen LogP contribution in [-0.2, 0) is 9.53 Å². The Balaban J connectivity index is 1.63. The number of fused-ring (bicyclic) bond motifs is 1. The molecule has 11 nitrogen and oxygen atoms in total. The minimum absolute atomic E-state index is 0.0116. The van der Waals surface area contributed by atoms with E-state index in [0.29, 0.717) is 55.2 Å². The first-order chi connectivity index (χ1) is 20.1. The number of methoxy groups -OCH3 is 1. The summed E-state index contributed by atoms with van der Waals surface area (Å²) in [6, 6.07) is 9.59. The lowest BCUT2D eigenvalue weighted by atomic mass is 9.96. The van der Waals surface area contributed by atoms with E-state index in [2.05, 4.69) is 25.8 Å². The minimum atomic E-state index is -0.793. The van der Waals surface area contributed by atoms with Crippen LogP contribution in [0.4, 0.5) is 11.4 Å². The number of carbonyl (C=O) groups is 1. The van der Waals surface area contributed by atoms with E-state index in [1.807, 2.05) is 11.9 Å². The van der Waals surface area contributed by atoms with Gasteiger partial charge in [0.05, 0.1) is 45.0 Å². The number of hydrogen-bond donors (Lipinski definition) is 0. The summed E-state index contributed by atoms with van der Waals surface area (Å²) >= 11 is 4.67. The zero-order valence-electron chi connectivity index (χ0n) is 23.6. The lowest BCUT2D eigenvalue weighted by molar-refractivity contribution is -0.384. The summed E-state index contributed by atoms with van der Waals surface area (Å²) in [4.78, 5) is 47.9. The van der Waals surface area contributed by atoms with Crippen LogP contribution in [0.5, 0.6) is 5.75 Å². The van der Waals surface area contributed by atoms with E-state index in [1.54, 1.807) is 57.4 Å². The zero-order valence-corrected chi connectivity index (χ0v) is 26.0. The number of allylic oxidation sites excluding steroid dienone is 1. The molecule has 0 unspecified atom stereocenters. The van der Waals surface area contributed by atoms with Crippen molar-refractivity contribution in [3.05, 3.63) is 93.1 Å². The van der Waals surface area contributed by atoms with Crippen molar-refractivity contribution < 1.29 is 19.2 Å². The monoisotopic (exact) mass is 655 g/mol. The Morgan fingerprint density at radius 3 is 2.60 bits per heavy atom. The lowest BCUT2D eigenvalue weighted by Crippen LogP contribution is -2.44. The van der Waals surface area contributed by atoms with Crippen molar-refractivity contribution in [1.82, 2.24) is 9.47 Å². The molecule has 0 bridgehead atoms. The molecule has 1 saturated heterocycles. The molecule has 2 aliphatic heterocycles. The molecule has 3 heterocycles. The first-order valence-electron chi connectivity index (χ1n) is 13.4. The Morgan fingerprint density at radius 2 is 1.95 bits per heavy atom. The van der Waals surface area contributed by atoms with Gasteiger partial charge < -0.3 is 19.3 Å². The highest BCUT2D eigenvalue weighted by Gasteiger charge is 2.34. The van der Waals surface area contributed by atoms with Gasteiger partial charge in [-0.3, -0.25) is 19.5 Å². The van der Waals surface area contributed by atoms with Gasteiger partial charge in [-0.25, -0.2) is 9.79 Å². The molecule has 0 saturated carbocycles. The number of rotatable bonds is 7. The number of esters is 1. The Morgan fingerprint density at radius 1 is 1.21 bits per heavy atom. The van der Waals surface area contributed by atoms with Crippen LogP contribution in [0.25, 0.3) is 6.08 Å². The molecule has 2 aromatic carbocycles. The largest absolute Gasteiger partial charge is 0.496 e. The molecule has 5 rings (SSSR count). The van der Waals surface area contributed by atoms with E-state index in [-0.39, 0.29) is 28.3 Å². The quantitative estimate of drug-likeness (QED) is 0.216. The fourth-order valence-corrected chi connectivity index (χ4v) is 6.81. The molecule has 3 aromatic rings. The number of anilines is 1. The number of nitro benzene ring substituents is 1. The smallest absolute Gasteiger partial charge is 0.338 e. The average Bonchev–Trinajstić information content (AvgIpc) is 3.26. The molecule has 220 valence electrons. The van der Waals surface area contributed by atoms with Crippen LogP contribution >= 0.6 is 27.3 Å². The van der Waals surface area contributed by atoms with Crippen molar-refractivity contribution in [2.75, 3.05) is 51.8 Å². The Kier molecular flexibility index (Phi) is 8.62. The molecule has 13 heteroatoms. The summed E-state index contributed by atoms with van der Waals surface area (Å²) < 4.78 is 13.2. The van der Waals surface area contributed by atoms with Crippen molar-refractivity contribution >= 4 is 50.7 Å². The average molecular weight is 657 g/mol. The van der Waals surface area contributed by atoms with Gasteiger partial charge in [0, 0.05) is 32.2 Å². The van der Waals surface area contributed by atoms with Gasteiger partial charge in [-0.05, 0) is 72.2 Å². The summed E-state index contributed by atoms with van der Waals surface area (Å²) in [7, 11) is 3.58. The van der Waals surface area contributed by atoms with Gasteiger partial charge in [0.2, 0.25) is 0 Å². The van der Waals surface area contributed by atoms with E-state index in [1.165, 1.54) is 10.6 Å². The topological polar surface area (TPSA) is 120 Å². The molecule has 1 atom stereocenters. The second kappa shape index (κ2) is 12.2. The first-order valence-corrected chi connectivity index (χ1v) is 15.0. The highest BCUT2D eigenvalue weighted by atomic mass is 79.9. The second-order valence-corrected chi connectivity index (χ2v) is 11.9. The van der Waals surface area contributed by atoms with Gasteiger partial charge in [-0.15, -0.1) is 0 Å². The predicted molar refractivity (Wildman–Crippen MR) is 164 cm³/mol. The third kappa shape index (κ3) is 5.63. The van der Waals surface area contributed by atoms with Crippen molar-refractivity contribution in [2.24, 2.45) is 4.99 Å². The summed E-state index contributed by atoms with van der Waals surface area (Å²) in [6.07, 6.45) is 1.63. The zero-order chi connectivity index (χ0) is 30.1. The van der Waals surface area contributed by atoms with Gasteiger partial charge in [0.25, 0.3) is 11.2 Å². The van der Waals surface area contributed by atoms with Gasteiger partial charge in [-0.2, -0.15) is 0 Å². The maximum absolute atomic E-state index is 13.9. The number of thiazole rings is 1. The van der Waals surface area contributed by atoms with Crippen molar-refractivity contribution in [3.8, 4) is 5.75 Å². The number of aromatic nitrogens is 1. The SMILES string of the molecule is CCOC(=O)C1=C(C)N=c2s/c(=C\c3ccc(N4CCN(C)CC4)c([N+](=O)[O-])c3)c(=O)n2[C@H]1c1ccc(OC)c(Br)c1. The number of piperazine rings is 1. The van der Waals surface area contributed by atoms with E-state index in [4.69, 9.17) is 9.47 Å². The molecule has 0 radical (unpaired) electrons. The van der Waals surface area contributed by atoms with Crippen LogP contribution in [0.15, 0.2) is 61.9 Å². The lowest BCUT2D eigenvalue weighted by Gasteiger charge is -2.33. The molecular weight excluding hydrogens is 626 g/mol. The second-order valence-electron chi connectivity index (χ2n) is 9.99. The molecule has 0 amide bonds. The predicted octanol–water partition coefficient (Wildman–Crippen LogP) is 3.23. The van der Waals surface area contributed by atoms with E-state index < -0.39 is 12.0 Å². The van der Waals surface area contributed by atoms with Crippen molar-refractivity contribution in [1.29, 1.82) is 0 Å². The van der Waals surface area contributed by atoms with Gasteiger partial charge in [0.1, 0.15) is 11.4 Å². The van der Waals surface area contributed by atoms with Crippen LogP contribution in [0.2, 0.25) is 0 Å². The standard InChI is InChI=1S/C29H30BrN5O6S/c1-5-41-28(37)25-17(2)31-29-34(26(25)19-7-9-23(40-4)20(30)16-19)27(36)24(42-29)15-18-6-8-21(22(14-18)35(38)39)33-12-10-32(3)11-13-33/h6-9,14-16,26H,5,10-13H2,1-4H3/b24-15-/t26-/m0/s1. The van der Waals surface area contributed by atoms with Crippen LogP contribution in [-0.4, -0.2) is 67.3 Å². The number of ether oxygens (including phenoxy) is 2. The highest BCUT2D eigenvalue weighted by molar-refractivity contribution is 9.10. The number of hydrogen-bond acceptors (Lipinski definition) is 10. The van der Waals surface area contributed by atoms with Crippen molar-refractivity contribution in [2.45, 2.75) is 19.9 Å². The summed E-state index contributed by atoms with van der Waals surface area (Å²) in [5, 5.41) is 12.0. The Bertz CT molecular complexity index is 1770. The fourth-order valence-electron chi connectivity index (χ4n) is 5.20. The molecule has 0 spiro atoms. The van der Waals surface area contributed by atoms with Crippen LogP contribution < -0.4 is 24.5 Å². The third-order valence-corrected chi connectivity index (χ3v) is 8.95. The molecule has 1 fully saturated rings. The number of carbonyl (C=O) groups excluding carboxylic acids is 1. The number of nitrogens with zero attached hydrogens (tertiary/aromatic N) is 5.